The van der Waals surface area contributed by atoms with Crippen molar-refractivity contribution in [3.05, 3.63) is 29.6 Å². The molecule has 4 nitrogen and oxygen atoms in total. The zero-order chi connectivity index (χ0) is 12.9. The summed E-state index contributed by atoms with van der Waals surface area (Å²) in [6.45, 7) is 1.99. The van der Waals surface area contributed by atoms with E-state index in [-0.39, 0.29) is 5.92 Å². The molecule has 2 aromatic rings. The molecule has 94 valence electrons. The van der Waals surface area contributed by atoms with Crippen LogP contribution in [0.25, 0.3) is 11.0 Å². The summed E-state index contributed by atoms with van der Waals surface area (Å²) in [5.74, 6) is 0.516. The second kappa shape index (κ2) is 3.83. The van der Waals surface area contributed by atoms with Gasteiger partial charge in [-0.25, -0.2) is 4.98 Å². The Hall–Kier alpha value is -1.84. The first-order chi connectivity index (χ1) is 8.56. The van der Waals surface area contributed by atoms with E-state index in [0.29, 0.717) is 5.92 Å². The number of aromatic nitrogens is 2. The minimum absolute atomic E-state index is 0.133. The predicted molar refractivity (Wildman–Crippen MR) is 68.4 cm³/mol. The first kappa shape index (κ1) is 11.3. The van der Waals surface area contributed by atoms with Crippen LogP contribution in [0.5, 0.6) is 0 Å². The molecule has 1 fully saturated rings. The number of benzene rings is 1. The van der Waals surface area contributed by atoms with Gasteiger partial charge in [-0.3, -0.25) is 4.79 Å². The monoisotopic (exact) mass is 244 g/mol. The standard InChI is InChI=1S/C14H16N2O2/c1-8-15-12-6-9(3-4-13(12)16(8)2)5-10-7-11(10)14(17)18/h3-4,6,10-11H,5,7H2,1-2H3,(H,17,18). The van der Waals surface area contributed by atoms with Crippen molar-refractivity contribution in [2.45, 2.75) is 19.8 Å². The van der Waals surface area contributed by atoms with Crippen molar-refractivity contribution in [3.8, 4) is 0 Å². The fourth-order valence-electron chi connectivity index (χ4n) is 2.57. The lowest BCUT2D eigenvalue weighted by molar-refractivity contribution is -0.138. The Morgan fingerprint density at radius 3 is 3.00 bits per heavy atom. The van der Waals surface area contributed by atoms with E-state index in [1.54, 1.807) is 0 Å². The molecule has 0 saturated heterocycles. The van der Waals surface area contributed by atoms with Crippen LogP contribution in [0.2, 0.25) is 0 Å². The van der Waals surface area contributed by atoms with Crippen LogP contribution in [0.4, 0.5) is 0 Å². The third-order valence-electron chi connectivity index (χ3n) is 3.91. The molecule has 2 unspecified atom stereocenters. The minimum Gasteiger partial charge on any atom is -0.481 e. The molecule has 0 bridgehead atoms. The Kier molecular flexibility index (Phi) is 2.40. The van der Waals surface area contributed by atoms with E-state index in [1.165, 1.54) is 5.56 Å². The van der Waals surface area contributed by atoms with Gasteiger partial charge in [0.05, 0.1) is 17.0 Å². The highest BCUT2D eigenvalue weighted by Gasteiger charge is 2.42. The summed E-state index contributed by atoms with van der Waals surface area (Å²) in [4.78, 5) is 15.3. The number of nitrogens with zero attached hydrogens (tertiary/aromatic N) is 2. The molecule has 1 aromatic carbocycles. The molecule has 3 rings (SSSR count). The quantitative estimate of drug-likeness (QED) is 0.900. The lowest BCUT2D eigenvalue weighted by Crippen LogP contribution is -2.01. The second-order valence-electron chi connectivity index (χ2n) is 5.19. The van der Waals surface area contributed by atoms with Crippen LogP contribution in [0.15, 0.2) is 18.2 Å². The maximum atomic E-state index is 10.8. The molecular formula is C14H16N2O2. The van der Waals surface area contributed by atoms with Gasteiger partial charge >= 0.3 is 5.97 Å². The van der Waals surface area contributed by atoms with Gasteiger partial charge in [0.25, 0.3) is 0 Å². The average Bonchev–Trinajstić information content (AvgIpc) is 3.02. The number of carboxylic acid groups (broad SMARTS) is 1. The van der Waals surface area contributed by atoms with Crippen molar-refractivity contribution >= 4 is 17.0 Å². The van der Waals surface area contributed by atoms with Crippen LogP contribution < -0.4 is 0 Å². The van der Waals surface area contributed by atoms with Gasteiger partial charge in [0.2, 0.25) is 0 Å². The first-order valence-electron chi connectivity index (χ1n) is 6.21. The van der Waals surface area contributed by atoms with Gasteiger partial charge in [-0.05, 0) is 43.4 Å². The van der Waals surface area contributed by atoms with E-state index >= 15 is 0 Å². The van der Waals surface area contributed by atoms with E-state index < -0.39 is 5.97 Å². The number of fused-ring (bicyclic) bond motifs is 1. The fraction of sp³-hybridized carbons (Fsp3) is 0.429. The molecule has 2 atom stereocenters. The fourth-order valence-corrected chi connectivity index (χ4v) is 2.57. The number of imidazole rings is 1. The van der Waals surface area contributed by atoms with Crippen LogP contribution in [-0.4, -0.2) is 20.6 Å². The molecule has 1 heterocycles. The van der Waals surface area contributed by atoms with E-state index in [0.717, 1.165) is 29.7 Å². The number of rotatable bonds is 3. The number of carboxylic acids is 1. The lowest BCUT2D eigenvalue weighted by Gasteiger charge is -2.01. The van der Waals surface area contributed by atoms with Crippen LogP contribution in [0, 0.1) is 18.8 Å². The van der Waals surface area contributed by atoms with Crippen molar-refractivity contribution in [1.82, 2.24) is 9.55 Å². The Labute approximate surface area is 105 Å². The summed E-state index contributed by atoms with van der Waals surface area (Å²) in [6, 6.07) is 6.24. The molecule has 1 saturated carbocycles. The van der Waals surface area contributed by atoms with Gasteiger partial charge in [-0.2, -0.15) is 0 Å². The maximum absolute atomic E-state index is 10.8. The number of hydrogen-bond acceptors (Lipinski definition) is 2. The molecular weight excluding hydrogens is 228 g/mol. The molecule has 4 heteroatoms. The summed E-state index contributed by atoms with van der Waals surface area (Å²) < 4.78 is 2.07. The maximum Gasteiger partial charge on any atom is 0.306 e. The Morgan fingerprint density at radius 1 is 1.56 bits per heavy atom. The summed E-state index contributed by atoms with van der Waals surface area (Å²) in [6.07, 6.45) is 1.66. The molecule has 1 N–H and O–H groups in total. The van der Waals surface area contributed by atoms with Crippen molar-refractivity contribution in [2.24, 2.45) is 18.9 Å². The van der Waals surface area contributed by atoms with Gasteiger partial charge in [0.15, 0.2) is 0 Å². The third kappa shape index (κ3) is 1.78. The van der Waals surface area contributed by atoms with Crippen molar-refractivity contribution < 1.29 is 9.90 Å². The number of aryl methyl sites for hydroxylation is 2. The van der Waals surface area contributed by atoms with Crippen molar-refractivity contribution in [3.63, 3.8) is 0 Å². The zero-order valence-corrected chi connectivity index (χ0v) is 10.6. The lowest BCUT2D eigenvalue weighted by atomic mass is 10.1. The van der Waals surface area contributed by atoms with Gasteiger partial charge in [0, 0.05) is 7.05 Å². The Balaban J connectivity index is 1.84. The van der Waals surface area contributed by atoms with Gasteiger partial charge in [-0.1, -0.05) is 6.07 Å². The second-order valence-corrected chi connectivity index (χ2v) is 5.19. The van der Waals surface area contributed by atoms with Crippen LogP contribution in [0.3, 0.4) is 0 Å². The molecule has 0 amide bonds. The Morgan fingerprint density at radius 2 is 2.33 bits per heavy atom. The first-order valence-corrected chi connectivity index (χ1v) is 6.21. The highest BCUT2D eigenvalue weighted by molar-refractivity contribution is 5.77. The van der Waals surface area contributed by atoms with E-state index in [1.807, 2.05) is 14.0 Å². The predicted octanol–water partition coefficient (Wildman–Crippen LogP) is 2.14. The topological polar surface area (TPSA) is 55.1 Å². The summed E-state index contributed by atoms with van der Waals surface area (Å²) in [7, 11) is 2.01. The van der Waals surface area contributed by atoms with Gasteiger partial charge in [0.1, 0.15) is 5.82 Å². The number of aliphatic carboxylic acids is 1. The molecule has 18 heavy (non-hydrogen) atoms. The minimum atomic E-state index is -0.658. The van der Waals surface area contributed by atoms with E-state index in [2.05, 4.69) is 27.8 Å². The van der Waals surface area contributed by atoms with E-state index in [9.17, 15) is 4.79 Å². The van der Waals surface area contributed by atoms with Crippen LogP contribution in [-0.2, 0) is 18.3 Å². The largest absolute Gasteiger partial charge is 0.481 e. The molecule has 1 aliphatic carbocycles. The molecule has 0 radical (unpaired) electrons. The van der Waals surface area contributed by atoms with E-state index in [4.69, 9.17) is 5.11 Å². The van der Waals surface area contributed by atoms with Gasteiger partial charge < -0.3 is 9.67 Å². The molecule has 1 aliphatic rings. The van der Waals surface area contributed by atoms with Crippen LogP contribution >= 0.6 is 0 Å². The average molecular weight is 244 g/mol. The number of carbonyl (C=O) groups is 1. The normalized spacial score (nSPS) is 22.3. The molecule has 1 aromatic heterocycles. The van der Waals surface area contributed by atoms with Gasteiger partial charge in [-0.15, -0.1) is 0 Å². The van der Waals surface area contributed by atoms with Crippen molar-refractivity contribution in [1.29, 1.82) is 0 Å². The zero-order valence-electron chi connectivity index (χ0n) is 10.6. The summed E-state index contributed by atoms with van der Waals surface area (Å²) >= 11 is 0. The SMILES string of the molecule is Cc1nc2cc(CC3CC3C(=O)O)ccc2n1C. The highest BCUT2D eigenvalue weighted by Crippen LogP contribution is 2.41. The highest BCUT2D eigenvalue weighted by atomic mass is 16.4. The van der Waals surface area contributed by atoms with Crippen LogP contribution in [0.1, 0.15) is 17.8 Å². The Bertz CT molecular complexity index is 630. The smallest absolute Gasteiger partial charge is 0.306 e. The molecule has 0 aliphatic heterocycles. The third-order valence-corrected chi connectivity index (χ3v) is 3.91. The molecule has 0 spiro atoms. The van der Waals surface area contributed by atoms with Crippen molar-refractivity contribution in [2.75, 3.05) is 0 Å². The summed E-state index contributed by atoms with van der Waals surface area (Å²) in [5, 5.41) is 8.90. The summed E-state index contributed by atoms with van der Waals surface area (Å²) in [5.41, 5.74) is 3.32. The number of hydrogen-bond donors (Lipinski definition) is 1.